The zero-order chi connectivity index (χ0) is 29.0. The zero-order valence-electron chi connectivity index (χ0n) is 22.1. The minimum absolute atomic E-state index is 0.00402. The van der Waals surface area contributed by atoms with Crippen LogP contribution in [0.4, 0.5) is 18.9 Å². The van der Waals surface area contributed by atoms with E-state index in [4.69, 9.17) is 11.6 Å². The Kier molecular flexibility index (Phi) is 9.93. The summed E-state index contributed by atoms with van der Waals surface area (Å²) in [6.07, 6.45) is -0.0907. The number of nitrogens with zero attached hydrogens (tertiary/aromatic N) is 2. The Morgan fingerprint density at radius 3 is 2.33 bits per heavy atom. The van der Waals surface area contributed by atoms with Gasteiger partial charge in [-0.1, -0.05) is 55.6 Å². The predicted octanol–water partition coefficient (Wildman–Crippen LogP) is 5.30. The second-order valence-electron chi connectivity index (χ2n) is 9.79. The first-order valence-corrected chi connectivity index (χ1v) is 14.9. The molecule has 1 fully saturated rings. The Morgan fingerprint density at radius 2 is 1.77 bits per heavy atom. The van der Waals surface area contributed by atoms with Gasteiger partial charge in [-0.25, -0.2) is 8.42 Å². The van der Waals surface area contributed by atoms with E-state index in [9.17, 15) is 31.2 Å². The molecule has 1 aliphatic rings. The molecule has 1 aliphatic carbocycles. The van der Waals surface area contributed by atoms with Crippen LogP contribution >= 0.6 is 11.6 Å². The average molecular weight is 588 g/mol. The number of hydrogen-bond acceptors (Lipinski definition) is 4. The van der Waals surface area contributed by atoms with Crippen molar-refractivity contribution in [3.05, 3.63) is 64.2 Å². The van der Waals surface area contributed by atoms with Gasteiger partial charge in [-0.2, -0.15) is 13.2 Å². The van der Waals surface area contributed by atoms with Crippen LogP contribution < -0.4 is 9.62 Å². The highest BCUT2D eigenvalue weighted by molar-refractivity contribution is 7.92. The largest absolute Gasteiger partial charge is 0.417 e. The van der Waals surface area contributed by atoms with E-state index >= 15 is 0 Å². The van der Waals surface area contributed by atoms with E-state index in [-0.39, 0.29) is 30.6 Å². The van der Waals surface area contributed by atoms with E-state index < -0.39 is 45.3 Å². The van der Waals surface area contributed by atoms with E-state index in [1.54, 1.807) is 19.1 Å². The van der Waals surface area contributed by atoms with Crippen LogP contribution in [-0.2, 0) is 32.3 Å². The van der Waals surface area contributed by atoms with Gasteiger partial charge in [0.25, 0.3) is 0 Å². The Bertz CT molecular complexity index is 1300. The van der Waals surface area contributed by atoms with Gasteiger partial charge in [-0.15, -0.1) is 0 Å². The summed E-state index contributed by atoms with van der Waals surface area (Å²) in [6, 6.07) is 9.04. The summed E-state index contributed by atoms with van der Waals surface area (Å²) in [6.45, 7) is 2.83. The quantitative estimate of drug-likeness (QED) is 0.409. The summed E-state index contributed by atoms with van der Waals surface area (Å²) >= 11 is 5.72. The molecule has 214 valence electrons. The first-order chi connectivity index (χ1) is 18.2. The highest BCUT2D eigenvalue weighted by atomic mass is 35.5. The molecule has 2 aromatic carbocycles. The lowest BCUT2D eigenvalue weighted by Crippen LogP contribution is -2.53. The number of nitrogens with one attached hydrogen (secondary N) is 1. The van der Waals surface area contributed by atoms with E-state index in [2.05, 4.69) is 5.32 Å². The summed E-state index contributed by atoms with van der Waals surface area (Å²) in [5.41, 5.74) is 0.0485. The van der Waals surface area contributed by atoms with Crippen molar-refractivity contribution in [2.24, 2.45) is 0 Å². The van der Waals surface area contributed by atoms with Gasteiger partial charge in [0.1, 0.15) is 12.6 Å². The molecular weight excluding hydrogens is 555 g/mol. The third-order valence-electron chi connectivity index (χ3n) is 6.91. The number of benzene rings is 2. The van der Waals surface area contributed by atoms with Gasteiger partial charge >= 0.3 is 6.18 Å². The lowest BCUT2D eigenvalue weighted by molar-refractivity contribution is -0.140. The fourth-order valence-corrected chi connectivity index (χ4v) is 5.82. The van der Waals surface area contributed by atoms with Crippen molar-refractivity contribution >= 4 is 39.1 Å². The van der Waals surface area contributed by atoms with Crippen LogP contribution in [-0.4, -0.2) is 50.0 Å². The Morgan fingerprint density at radius 1 is 1.13 bits per heavy atom. The topological polar surface area (TPSA) is 86.8 Å². The van der Waals surface area contributed by atoms with Crippen molar-refractivity contribution in [3.8, 4) is 0 Å². The summed E-state index contributed by atoms with van der Waals surface area (Å²) < 4.78 is 66.5. The number of amides is 2. The number of halogens is 4. The van der Waals surface area contributed by atoms with Crippen LogP contribution in [0.1, 0.15) is 55.7 Å². The smallest absolute Gasteiger partial charge is 0.352 e. The van der Waals surface area contributed by atoms with E-state index in [1.165, 1.54) is 4.90 Å². The molecule has 12 heteroatoms. The SMILES string of the molecule is CCC(C(=O)NC1CCCC1)N(Cc1ccccc1C)C(=O)CN(c1ccc(Cl)c(C(F)(F)F)c1)S(C)(=O)=O. The van der Waals surface area contributed by atoms with Crippen molar-refractivity contribution in [1.82, 2.24) is 10.2 Å². The van der Waals surface area contributed by atoms with Gasteiger partial charge in [0.2, 0.25) is 21.8 Å². The fourth-order valence-electron chi connectivity index (χ4n) is 4.76. The predicted molar refractivity (Wildman–Crippen MR) is 145 cm³/mol. The van der Waals surface area contributed by atoms with Crippen LogP contribution in [0.5, 0.6) is 0 Å². The molecule has 2 amide bonds. The maximum absolute atomic E-state index is 13.8. The fraction of sp³-hybridized carbons (Fsp3) is 0.481. The van der Waals surface area contributed by atoms with E-state index in [1.807, 2.05) is 19.1 Å². The van der Waals surface area contributed by atoms with E-state index in [0.717, 1.165) is 55.2 Å². The van der Waals surface area contributed by atoms with Crippen molar-refractivity contribution in [3.63, 3.8) is 0 Å². The third kappa shape index (κ3) is 7.88. The number of anilines is 1. The lowest BCUT2D eigenvalue weighted by atomic mass is 10.1. The molecule has 1 unspecified atom stereocenters. The normalized spacial score (nSPS) is 15.2. The standard InChI is InChI=1S/C27H33ClF3N3O4S/c1-4-24(26(36)32-20-11-7-8-12-20)33(16-19-10-6-5-9-18(19)2)25(35)17-34(39(3,37)38)21-13-14-23(28)22(15-21)27(29,30)31/h5-6,9-10,13-15,20,24H,4,7-8,11-12,16-17H2,1-3H3,(H,32,36). The molecule has 0 aliphatic heterocycles. The van der Waals surface area contributed by atoms with Crippen molar-refractivity contribution in [2.45, 2.75) is 70.8 Å². The van der Waals surface area contributed by atoms with Gasteiger partial charge in [0.05, 0.1) is 22.5 Å². The molecule has 3 rings (SSSR count). The highest BCUT2D eigenvalue weighted by Gasteiger charge is 2.36. The van der Waals surface area contributed by atoms with E-state index in [0.29, 0.717) is 10.4 Å². The molecule has 0 heterocycles. The van der Waals surface area contributed by atoms with Crippen molar-refractivity contribution < 1.29 is 31.2 Å². The molecule has 1 saturated carbocycles. The Balaban J connectivity index is 1.99. The van der Waals surface area contributed by atoms with Gasteiger partial charge < -0.3 is 10.2 Å². The summed E-state index contributed by atoms with van der Waals surface area (Å²) in [5.74, 6) is -1.07. The summed E-state index contributed by atoms with van der Waals surface area (Å²) in [7, 11) is -4.20. The first kappa shape index (κ1) is 30.7. The number of hydrogen-bond donors (Lipinski definition) is 1. The third-order valence-corrected chi connectivity index (χ3v) is 8.38. The monoisotopic (exact) mass is 587 g/mol. The highest BCUT2D eigenvalue weighted by Crippen LogP contribution is 2.37. The van der Waals surface area contributed by atoms with Gasteiger partial charge in [0, 0.05) is 12.6 Å². The molecular formula is C27H33ClF3N3O4S. The molecule has 0 radical (unpaired) electrons. The zero-order valence-corrected chi connectivity index (χ0v) is 23.7. The van der Waals surface area contributed by atoms with Crippen LogP contribution in [0.2, 0.25) is 5.02 Å². The van der Waals surface area contributed by atoms with Gasteiger partial charge in [-0.3, -0.25) is 13.9 Å². The number of carbonyl (C=O) groups is 2. The number of sulfonamides is 1. The molecule has 0 aromatic heterocycles. The second-order valence-corrected chi connectivity index (χ2v) is 12.1. The molecule has 7 nitrogen and oxygen atoms in total. The van der Waals surface area contributed by atoms with Gasteiger partial charge in [-0.05, 0) is 55.5 Å². The molecule has 0 saturated heterocycles. The average Bonchev–Trinajstić information content (AvgIpc) is 3.35. The van der Waals surface area contributed by atoms with Crippen molar-refractivity contribution in [1.29, 1.82) is 0 Å². The minimum atomic E-state index is -4.83. The molecule has 1 N–H and O–H groups in total. The summed E-state index contributed by atoms with van der Waals surface area (Å²) in [4.78, 5) is 28.4. The minimum Gasteiger partial charge on any atom is -0.352 e. The van der Waals surface area contributed by atoms with Crippen LogP contribution in [0, 0.1) is 6.92 Å². The molecule has 1 atom stereocenters. The lowest BCUT2D eigenvalue weighted by Gasteiger charge is -2.34. The number of carbonyl (C=O) groups excluding carboxylic acids is 2. The molecule has 0 bridgehead atoms. The Labute approximate surface area is 232 Å². The number of aryl methyl sites for hydroxylation is 1. The molecule has 0 spiro atoms. The maximum atomic E-state index is 13.8. The van der Waals surface area contributed by atoms with Gasteiger partial charge in [0.15, 0.2) is 0 Å². The van der Waals surface area contributed by atoms with Crippen LogP contribution in [0.3, 0.4) is 0 Å². The number of rotatable bonds is 10. The summed E-state index contributed by atoms with van der Waals surface area (Å²) in [5, 5.41) is 2.41. The molecule has 39 heavy (non-hydrogen) atoms. The second kappa shape index (κ2) is 12.6. The van der Waals surface area contributed by atoms with Crippen LogP contribution in [0.25, 0.3) is 0 Å². The number of alkyl halides is 3. The van der Waals surface area contributed by atoms with Crippen molar-refractivity contribution in [2.75, 3.05) is 17.1 Å². The molecule has 2 aromatic rings. The Hall–Kier alpha value is -2.79. The van der Waals surface area contributed by atoms with Crippen LogP contribution in [0.15, 0.2) is 42.5 Å². The first-order valence-electron chi connectivity index (χ1n) is 12.7. The maximum Gasteiger partial charge on any atom is 0.417 e.